The number of likely N-dealkylation sites (tertiary alicyclic amines) is 1. The first kappa shape index (κ1) is 29.0. The Kier molecular flexibility index (Phi) is 10.9. The molecule has 1 N–H and O–H groups in total. The van der Waals surface area contributed by atoms with Crippen molar-refractivity contribution in [1.82, 2.24) is 9.91 Å². The van der Waals surface area contributed by atoms with Gasteiger partial charge in [-0.2, -0.15) is 18.3 Å². The Balaban J connectivity index is 0.000000251. The highest BCUT2D eigenvalue weighted by atomic mass is 79.9. The van der Waals surface area contributed by atoms with Crippen LogP contribution >= 0.6 is 27.5 Å². The molecule has 2 aromatic rings. The largest absolute Gasteiger partial charge is 0.417 e. The van der Waals surface area contributed by atoms with Crippen LogP contribution in [-0.2, 0) is 17.4 Å². The maximum atomic E-state index is 12.3. The molecule has 2 aliphatic rings. The van der Waals surface area contributed by atoms with Gasteiger partial charge in [0.25, 0.3) is 0 Å². The number of carbonyl (C=O) groups excluding carboxylic acids is 1. The minimum atomic E-state index is -4.40. The van der Waals surface area contributed by atoms with Crippen LogP contribution in [0.25, 0.3) is 0 Å². The van der Waals surface area contributed by atoms with Crippen molar-refractivity contribution in [2.24, 2.45) is 5.10 Å². The van der Waals surface area contributed by atoms with Crippen molar-refractivity contribution in [1.29, 1.82) is 0 Å². The number of nitrogens with one attached hydrogen (secondary N) is 1. The molecular formula is C25H31BrClF3N4O. The fourth-order valence-corrected chi connectivity index (χ4v) is 4.15. The summed E-state index contributed by atoms with van der Waals surface area (Å²) in [5, 5.41) is 8.90. The van der Waals surface area contributed by atoms with Crippen LogP contribution in [0.2, 0.25) is 5.02 Å². The number of hydrogen-bond acceptors (Lipinski definition) is 4. The summed E-state index contributed by atoms with van der Waals surface area (Å²) >= 11 is 8.33. The molecule has 1 saturated heterocycles. The predicted molar refractivity (Wildman–Crippen MR) is 141 cm³/mol. The van der Waals surface area contributed by atoms with E-state index in [2.05, 4.69) is 57.5 Å². The van der Waals surface area contributed by atoms with E-state index < -0.39 is 11.7 Å². The van der Waals surface area contributed by atoms with Crippen molar-refractivity contribution in [3.8, 4) is 0 Å². The van der Waals surface area contributed by atoms with E-state index in [4.69, 9.17) is 11.6 Å². The number of anilines is 1. The van der Waals surface area contributed by atoms with Gasteiger partial charge in [-0.1, -0.05) is 57.4 Å². The fourth-order valence-electron chi connectivity index (χ4n) is 3.93. The smallest absolute Gasteiger partial charge is 0.388 e. The molecular weight excluding hydrogens is 545 g/mol. The van der Waals surface area contributed by atoms with E-state index in [1.165, 1.54) is 23.3 Å². The number of likely N-dealkylation sites (N-methyl/N-ethyl adjacent to an activating group) is 1. The first-order valence-corrected chi connectivity index (χ1v) is 13.1. The lowest BCUT2D eigenvalue weighted by molar-refractivity contribution is -0.137. The average Bonchev–Trinajstić information content (AvgIpc) is 3.41. The average molecular weight is 576 g/mol. The molecule has 1 amide bonds. The maximum absolute atomic E-state index is 12.3. The quantitative estimate of drug-likeness (QED) is 0.439. The van der Waals surface area contributed by atoms with E-state index in [9.17, 15) is 18.0 Å². The summed E-state index contributed by atoms with van der Waals surface area (Å²) in [5.41, 5.74) is 3.22. The molecule has 1 fully saturated rings. The third kappa shape index (κ3) is 8.14. The summed E-state index contributed by atoms with van der Waals surface area (Å²) in [4.78, 5) is 14.0. The Labute approximate surface area is 218 Å². The Bertz CT molecular complexity index is 1010. The van der Waals surface area contributed by atoms with E-state index in [-0.39, 0.29) is 17.0 Å². The molecule has 0 aliphatic carbocycles. The third-order valence-electron chi connectivity index (χ3n) is 5.67. The highest BCUT2D eigenvalue weighted by Crippen LogP contribution is 2.36. The van der Waals surface area contributed by atoms with Gasteiger partial charge in [-0.25, -0.2) is 0 Å². The third-order valence-corrected chi connectivity index (χ3v) is 6.00. The number of alkyl halides is 4. The van der Waals surface area contributed by atoms with Crippen LogP contribution in [0.3, 0.4) is 0 Å². The van der Waals surface area contributed by atoms with Crippen LogP contribution in [0.5, 0.6) is 0 Å². The summed E-state index contributed by atoms with van der Waals surface area (Å²) in [6, 6.07) is 12.4. The lowest BCUT2D eigenvalue weighted by Crippen LogP contribution is -2.43. The number of hydrogen-bond donors (Lipinski definition) is 1. The molecule has 5 nitrogen and oxygen atoms in total. The van der Waals surface area contributed by atoms with E-state index in [1.54, 1.807) is 7.05 Å². The number of nitrogens with zero attached hydrogens (tertiary/aromatic N) is 3. The van der Waals surface area contributed by atoms with Gasteiger partial charge in [0.2, 0.25) is 5.91 Å². The minimum Gasteiger partial charge on any atom is -0.388 e. The van der Waals surface area contributed by atoms with Crippen LogP contribution in [0.1, 0.15) is 29.5 Å². The van der Waals surface area contributed by atoms with Crippen LogP contribution in [-0.4, -0.2) is 60.6 Å². The molecule has 1 atom stereocenters. The zero-order valence-corrected chi connectivity index (χ0v) is 22.6. The number of benzene rings is 2. The van der Waals surface area contributed by atoms with Crippen molar-refractivity contribution >= 4 is 44.8 Å². The first-order valence-electron chi connectivity index (χ1n) is 11.1. The van der Waals surface area contributed by atoms with Gasteiger partial charge in [-0.15, -0.1) is 0 Å². The summed E-state index contributed by atoms with van der Waals surface area (Å²) in [6.07, 6.45) is -1.89. The summed E-state index contributed by atoms with van der Waals surface area (Å²) in [7, 11) is 3.53. The predicted octanol–water partition coefficient (Wildman–Crippen LogP) is 6.24. The van der Waals surface area contributed by atoms with E-state index in [0.717, 1.165) is 37.7 Å². The summed E-state index contributed by atoms with van der Waals surface area (Å²) < 4.78 is 36.8. The molecule has 0 bridgehead atoms. The zero-order chi connectivity index (χ0) is 26.2. The number of rotatable bonds is 4. The van der Waals surface area contributed by atoms with Gasteiger partial charge in [0, 0.05) is 39.2 Å². The molecule has 192 valence electrons. The van der Waals surface area contributed by atoms with E-state index in [0.29, 0.717) is 12.1 Å². The first-order chi connectivity index (χ1) is 16.6. The topological polar surface area (TPSA) is 47.9 Å². The molecule has 10 heteroatoms. The van der Waals surface area contributed by atoms with Crippen molar-refractivity contribution in [3.05, 3.63) is 64.2 Å². The van der Waals surface area contributed by atoms with Gasteiger partial charge in [0.05, 0.1) is 28.9 Å². The molecule has 2 aliphatic heterocycles. The standard InChI is InChI=1S/C16H21N3O.C8H7ClF3N.CH3Br/c1-12-5-7-13(8-6-12)10-14-15(11-18(2)17-14)19-9-3-4-16(19)20;1-13-5-2-3-7(9)6(4-5)8(10,11)12;1-2/h5-8,15H,3-4,9-11H2,1-2H3;2-4,13H,1H3;1H3. The number of hydrazone groups is 1. The van der Waals surface area contributed by atoms with E-state index >= 15 is 0 Å². The molecule has 4 rings (SSSR count). The Morgan fingerprint density at radius 2 is 1.83 bits per heavy atom. The van der Waals surface area contributed by atoms with Crippen molar-refractivity contribution in [2.75, 3.05) is 38.3 Å². The van der Waals surface area contributed by atoms with Crippen LogP contribution in [0.4, 0.5) is 18.9 Å². The molecule has 0 radical (unpaired) electrons. The second-order valence-corrected chi connectivity index (χ2v) is 8.65. The number of carbonyl (C=O) groups is 1. The van der Waals surface area contributed by atoms with Gasteiger partial charge >= 0.3 is 6.18 Å². The van der Waals surface area contributed by atoms with Crippen LogP contribution in [0, 0.1) is 6.92 Å². The zero-order valence-electron chi connectivity index (χ0n) is 20.3. The number of halogens is 5. The lowest BCUT2D eigenvalue weighted by atomic mass is 10.0. The molecule has 0 aromatic heterocycles. The highest BCUT2D eigenvalue weighted by molar-refractivity contribution is 9.08. The van der Waals surface area contributed by atoms with Crippen molar-refractivity contribution in [3.63, 3.8) is 0 Å². The monoisotopic (exact) mass is 574 g/mol. The number of amides is 1. The van der Waals surface area contributed by atoms with Crippen LogP contribution < -0.4 is 5.32 Å². The lowest BCUT2D eigenvalue weighted by Gasteiger charge is -2.25. The fraction of sp³-hybridized carbons (Fsp3) is 0.440. The van der Waals surface area contributed by atoms with Crippen LogP contribution in [0.15, 0.2) is 47.6 Å². The van der Waals surface area contributed by atoms with E-state index in [1.807, 2.05) is 22.8 Å². The molecule has 0 spiro atoms. The van der Waals surface area contributed by atoms with Crippen molar-refractivity contribution in [2.45, 2.75) is 38.4 Å². The summed E-state index contributed by atoms with van der Waals surface area (Å²) in [6.45, 7) is 3.80. The van der Waals surface area contributed by atoms with Gasteiger partial charge in [0.1, 0.15) is 0 Å². The molecule has 35 heavy (non-hydrogen) atoms. The second kappa shape index (κ2) is 13.2. The second-order valence-electron chi connectivity index (χ2n) is 8.24. The molecule has 0 saturated carbocycles. The molecule has 2 heterocycles. The Morgan fingerprint density at radius 3 is 2.37 bits per heavy atom. The highest BCUT2D eigenvalue weighted by Gasteiger charge is 2.35. The Morgan fingerprint density at radius 1 is 1.17 bits per heavy atom. The maximum Gasteiger partial charge on any atom is 0.417 e. The molecule has 2 aromatic carbocycles. The minimum absolute atomic E-state index is 0.163. The summed E-state index contributed by atoms with van der Waals surface area (Å²) in [5.74, 6) is 2.09. The van der Waals surface area contributed by atoms with Gasteiger partial charge in [-0.3, -0.25) is 9.80 Å². The van der Waals surface area contributed by atoms with Gasteiger partial charge in [-0.05, 0) is 42.9 Å². The SMILES string of the molecule is CBr.CNc1ccc(Cl)c(C(F)(F)F)c1.Cc1ccc(CC2=NN(C)CC2N2CCCC2=O)cc1. The molecule has 1 unspecified atom stereocenters. The van der Waals surface area contributed by atoms with Crippen molar-refractivity contribution < 1.29 is 18.0 Å². The number of aryl methyl sites for hydroxylation is 1. The van der Waals surface area contributed by atoms with Gasteiger partial charge < -0.3 is 10.2 Å². The normalized spacial score (nSPS) is 17.3. The van der Waals surface area contributed by atoms with Gasteiger partial charge in [0.15, 0.2) is 0 Å². The Hall–Kier alpha value is -2.26.